The molecule has 0 fully saturated rings. The van der Waals surface area contributed by atoms with Crippen molar-refractivity contribution in [3.63, 3.8) is 0 Å². The van der Waals surface area contributed by atoms with Gasteiger partial charge in [-0.25, -0.2) is 0 Å². The summed E-state index contributed by atoms with van der Waals surface area (Å²) in [5.74, 6) is 1.05. The zero-order valence-electron chi connectivity index (χ0n) is 13.6. The Bertz CT molecular complexity index is 213. The zero-order valence-corrected chi connectivity index (χ0v) is 16.0. The molecule has 0 aromatic rings. The molecule has 0 spiro atoms. The van der Waals surface area contributed by atoms with Gasteiger partial charge in [-0.1, -0.05) is 13.8 Å². The maximum absolute atomic E-state index is 4.66. The molecule has 0 amide bonds. The van der Waals surface area contributed by atoms with Gasteiger partial charge in [0.25, 0.3) is 0 Å². The minimum Gasteiger partial charge on any atom is -0.349 e. The highest BCUT2D eigenvalue weighted by molar-refractivity contribution is 14.0. The van der Waals surface area contributed by atoms with Crippen LogP contribution in [0.1, 0.15) is 33.1 Å². The maximum atomic E-state index is 4.66. The fourth-order valence-electron chi connectivity index (χ4n) is 2.12. The first-order valence-corrected chi connectivity index (χ1v) is 7.14. The first kappa shape index (κ1) is 21.3. The van der Waals surface area contributed by atoms with E-state index in [2.05, 4.69) is 33.5 Å². The second-order valence-electron chi connectivity index (χ2n) is 5.17. The molecule has 0 unspecified atom stereocenters. The Balaban J connectivity index is 0. The van der Waals surface area contributed by atoms with Crippen LogP contribution in [0.5, 0.6) is 0 Å². The monoisotopic (exact) mass is 384 g/mol. The minimum absolute atomic E-state index is 0. The topological polar surface area (TPSA) is 22.1 Å². The fraction of sp³-hybridized carbons (Fsp3) is 0.929. The quantitative estimate of drug-likeness (QED) is 0.278. The Hall–Kier alpha value is -0.0400. The number of hydrogen-bond donors (Lipinski definition) is 0. The third-order valence-electron chi connectivity index (χ3n) is 2.77. The number of aliphatic imine (C=N–C) groups is 1. The van der Waals surface area contributed by atoms with Crippen LogP contribution in [-0.2, 0) is 0 Å². The van der Waals surface area contributed by atoms with Crippen LogP contribution in [0.15, 0.2) is 4.99 Å². The maximum Gasteiger partial charge on any atom is 0.195 e. The van der Waals surface area contributed by atoms with Crippen molar-refractivity contribution in [2.75, 3.05) is 54.4 Å². The molecule has 0 N–H and O–H groups in total. The van der Waals surface area contributed by atoms with Gasteiger partial charge in [0.05, 0.1) is 0 Å². The van der Waals surface area contributed by atoms with Crippen molar-refractivity contribution < 1.29 is 0 Å². The summed E-state index contributed by atoms with van der Waals surface area (Å²) in [5, 5.41) is 0. The summed E-state index contributed by atoms with van der Waals surface area (Å²) < 4.78 is 0. The normalized spacial score (nSPS) is 10.1. The SMILES string of the molecule is CCCN(CCC)CCCN=C(N(C)C)N(C)C.I. The summed E-state index contributed by atoms with van der Waals surface area (Å²) in [5.41, 5.74) is 0. The molecule has 0 radical (unpaired) electrons. The molecule has 0 atom stereocenters. The lowest BCUT2D eigenvalue weighted by atomic mass is 10.3. The van der Waals surface area contributed by atoms with Crippen LogP contribution in [0.2, 0.25) is 0 Å². The number of hydrogen-bond acceptors (Lipinski definition) is 2. The lowest BCUT2D eigenvalue weighted by Crippen LogP contribution is -2.35. The summed E-state index contributed by atoms with van der Waals surface area (Å²) in [4.78, 5) is 11.3. The largest absolute Gasteiger partial charge is 0.349 e. The van der Waals surface area contributed by atoms with Crippen molar-refractivity contribution in [2.24, 2.45) is 4.99 Å². The van der Waals surface area contributed by atoms with Crippen molar-refractivity contribution in [1.29, 1.82) is 0 Å². The lowest BCUT2D eigenvalue weighted by molar-refractivity contribution is 0.273. The third kappa shape index (κ3) is 10.4. The van der Waals surface area contributed by atoms with Crippen molar-refractivity contribution in [2.45, 2.75) is 33.1 Å². The van der Waals surface area contributed by atoms with Gasteiger partial charge in [-0.15, -0.1) is 24.0 Å². The zero-order chi connectivity index (χ0) is 14.0. The predicted molar refractivity (Wildman–Crippen MR) is 96.7 cm³/mol. The highest BCUT2D eigenvalue weighted by Crippen LogP contribution is 1.97. The Kier molecular flexibility index (Phi) is 14.5. The molecule has 0 aromatic carbocycles. The van der Waals surface area contributed by atoms with E-state index >= 15 is 0 Å². The first-order chi connectivity index (χ1) is 8.52. The van der Waals surface area contributed by atoms with Gasteiger partial charge in [-0.3, -0.25) is 4.99 Å². The van der Waals surface area contributed by atoms with Gasteiger partial charge < -0.3 is 14.7 Å². The Morgan fingerprint density at radius 2 is 1.32 bits per heavy atom. The molecule has 0 saturated heterocycles. The number of guanidine groups is 1. The highest BCUT2D eigenvalue weighted by Gasteiger charge is 2.04. The molecular weight excluding hydrogens is 351 g/mol. The van der Waals surface area contributed by atoms with Gasteiger partial charge in [0, 0.05) is 34.7 Å². The predicted octanol–water partition coefficient (Wildman–Crippen LogP) is 2.60. The van der Waals surface area contributed by atoms with Crippen LogP contribution in [0, 0.1) is 0 Å². The number of nitrogens with zero attached hydrogens (tertiary/aromatic N) is 4. The molecule has 0 aliphatic carbocycles. The summed E-state index contributed by atoms with van der Waals surface area (Å²) >= 11 is 0. The number of halogens is 1. The highest BCUT2D eigenvalue weighted by atomic mass is 127. The van der Waals surface area contributed by atoms with Gasteiger partial charge in [-0.2, -0.15) is 0 Å². The van der Waals surface area contributed by atoms with E-state index in [0.717, 1.165) is 18.9 Å². The summed E-state index contributed by atoms with van der Waals surface area (Å²) in [7, 11) is 8.16. The van der Waals surface area contributed by atoms with Gasteiger partial charge in [-0.05, 0) is 38.9 Å². The molecule has 0 heterocycles. The molecule has 5 heteroatoms. The molecule has 0 aromatic heterocycles. The molecule has 0 saturated carbocycles. The Morgan fingerprint density at radius 3 is 1.68 bits per heavy atom. The van der Waals surface area contributed by atoms with E-state index in [0.29, 0.717) is 0 Å². The second kappa shape index (κ2) is 13.0. The molecule has 19 heavy (non-hydrogen) atoms. The average molecular weight is 384 g/mol. The smallest absolute Gasteiger partial charge is 0.195 e. The molecule has 0 aliphatic rings. The van der Waals surface area contributed by atoms with Gasteiger partial charge in [0.15, 0.2) is 5.96 Å². The summed E-state index contributed by atoms with van der Waals surface area (Å²) in [6, 6.07) is 0. The fourth-order valence-corrected chi connectivity index (χ4v) is 2.12. The molecule has 0 rings (SSSR count). The van der Waals surface area contributed by atoms with Gasteiger partial charge in [0.2, 0.25) is 0 Å². The third-order valence-corrected chi connectivity index (χ3v) is 2.77. The van der Waals surface area contributed by atoms with Gasteiger partial charge in [0.1, 0.15) is 0 Å². The van der Waals surface area contributed by atoms with Gasteiger partial charge >= 0.3 is 0 Å². The number of rotatable bonds is 8. The van der Waals surface area contributed by atoms with E-state index in [9.17, 15) is 0 Å². The minimum atomic E-state index is 0. The molecule has 4 nitrogen and oxygen atoms in total. The van der Waals surface area contributed by atoms with Crippen LogP contribution in [0.3, 0.4) is 0 Å². The van der Waals surface area contributed by atoms with Crippen molar-refractivity contribution in [3.05, 3.63) is 0 Å². The lowest BCUT2D eigenvalue weighted by Gasteiger charge is -2.23. The van der Waals surface area contributed by atoms with E-state index < -0.39 is 0 Å². The van der Waals surface area contributed by atoms with E-state index in [1.807, 2.05) is 28.2 Å². The second-order valence-corrected chi connectivity index (χ2v) is 5.17. The van der Waals surface area contributed by atoms with Crippen LogP contribution in [0.4, 0.5) is 0 Å². The van der Waals surface area contributed by atoms with Crippen molar-refractivity contribution in [3.8, 4) is 0 Å². The van der Waals surface area contributed by atoms with Crippen LogP contribution < -0.4 is 0 Å². The van der Waals surface area contributed by atoms with E-state index in [-0.39, 0.29) is 24.0 Å². The molecule has 0 bridgehead atoms. The van der Waals surface area contributed by atoms with E-state index in [1.165, 1.54) is 32.5 Å². The standard InChI is InChI=1S/C14H32N4.HI/c1-7-11-18(12-8-2)13-9-10-15-14(16(3)4)17(5)6;/h7-13H2,1-6H3;1H. The molecule has 116 valence electrons. The molecule has 0 aliphatic heterocycles. The van der Waals surface area contributed by atoms with E-state index in [1.54, 1.807) is 0 Å². The molecular formula is C14H33IN4. The summed E-state index contributed by atoms with van der Waals surface area (Å²) in [6.07, 6.45) is 3.62. The Morgan fingerprint density at radius 1 is 0.842 bits per heavy atom. The van der Waals surface area contributed by atoms with Crippen molar-refractivity contribution >= 4 is 29.9 Å². The van der Waals surface area contributed by atoms with Crippen LogP contribution in [0.25, 0.3) is 0 Å². The van der Waals surface area contributed by atoms with Crippen LogP contribution >= 0.6 is 24.0 Å². The average Bonchev–Trinajstić information content (AvgIpc) is 2.28. The summed E-state index contributed by atoms with van der Waals surface area (Å²) in [6.45, 7) is 9.00. The van der Waals surface area contributed by atoms with Crippen molar-refractivity contribution in [1.82, 2.24) is 14.7 Å². The first-order valence-electron chi connectivity index (χ1n) is 7.14. The Labute approximate surface area is 137 Å². The van der Waals surface area contributed by atoms with E-state index in [4.69, 9.17) is 0 Å². The van der Waals surface area contributed by atoms with Crippen LogP contribution in [-0.4, -0.2) is 75.0 Å².